The topological polar surface area (TPSA) is 108 Å². The number of hydrogen-bond donors (Lipinski definition) is 2. The third kappa shape index (κ3) is 4.03. The van der Waals surface area contributed by atoms with Gasteiger partial charge in [0.2, 0.25) is 0 Å². The first-order valence-corrected chi connectivity index (χ1v) is 13.3. The second kappa shape index (κ2) is 8.74. The van der Waals surface area contributed by atoms with Gasteiger partial charge in [-0.05, 0) is 60.9 Å². The van der Waals surface area contributed by atoms with Crippen LogP contribution in [0.3, 0.4) is 0 Å². The first-order valence-electron chi connectivity index (χ1n) is 11.9. The smallest absolute Gasteiger partial charge is 0.407 e. The minimum absolute atomic E-state index is 0.116. The van der Waals surface area contributed by atoms with E-state index in [1.54, 1.807) is 24.3 Å². The van der Waals surface area contributed by atoms with Crippen molar-refractivity contribution in [3.8, 4) is 11.1 Å². The molecular formula is C27H23FN4O4S. The summed E-state index contributed by atoms with van der Waals surface area (Å²) < 4.78 is 42.2. The molecule has 1 amide bonds. The molecule has 6 rings (SSSR count). The lowest BCUT2D eigenvalue weighted by Crippen LogP contribution is -2.37. The molecule has 0 radical (unpaired) electrons. The number of aromatic nitrogens is 3. The monoisotopic (exact) mass is 518 g/mol. The fourth-order valence-corrected chi connectivity index (χ4v) is 6.42. The molecule has 10 heteroatoms. The lowest BCUT2D eigenvalue weighted by atomic mass is 9.96. The number of piperidine rings is 1. The maximum atomic E-state index is 14.2. The van der Waals surface area contributed by atoms with E-state index in [1.165, 1.54) is 35.4 Å². The number of imidazole rings is 1. The predicted octanol–water partition coefficient (Wildman–Crippen LogP) is 5.42. The zero-order chi connectivity index (χ0) is 25.7. The second-order valence-corrected chi connectivity index (χ2v) is 11.0. The number of aromatic amines is 1. The van der Waals surface area contributed by atoms with Crippen LogP contribution in [0.4, 0.5) is 9.18 Å². The number of hydrogen-bond acceptors (Lipinski definition) is 4. The van der Waals surface area contributed by atoms with Gasteiger partial charge in [0.05, 0.1) is 21.4 Å². The molecular weight excluding hydrogens is 495 g/mol. The molecule has 1 aliphatic rings. The van der Waals surface area contributed by atoms with E-state index in [-0.39, 0.29) is 16.3 Å². The fraction of sp³-hybridized carbons (Fsp3) is 0.185. The number of nitrogens with one attached hydrogen (secondary N) is 1. The van der Waals surface area contributed by atoms with Crippen molar-refractivity contribution in [2.24, 2.45) is 0 Å². The molecule has 0 saturated carbocycles. The molecule has 1 fully saturated rings. The van der Waals surface area contributed by atoms with Gasteiger partial charge in [0.1, 0.15) is 11.6 Å². The number of fused-ring (bicyclic) bond motifs is 2. The van der Waals surface area contributed by atoms with Crippen molar-refractivity contribution in [3.63, 3.8) is 0 Å². The van der Waals surface area contributed by atoms with E-state index < -0.39 is 21.9 Å². The van der Waals surface area contributed by atoms with Gasteiger partial charge in [0.25, 0.3) is 10.0 Å². The average Bonchev–Trinajstić information content (AvgIpc) is 3.50. The number of benzene rings is 3. The Labute approximate surface area is 212 Å². The molecule has 3 aromatic carbocycles. The van der Waals surface area contributed by atoms with E-state index in [0.717, 1.165) is 26.4 Å². The Balaban J connectivity index is 1.41. The molecule has 8 nitrogen and oxygen atoms in total. The van der Waals surface area contributed by atoms with Crippen LogP contribution < -0.4 is 0 Å². The molecule has 5 aromatic rings. The summed E-state index contributed by atoms with van der Waals surface area (Å²) in [6.45, 7) is 0.933. The summed E-state index contributed by atoms with van der Waals surface area (Å²) in [4.78, 5) is 20.8. The fourth-order valence-electron chi connectivity index (χ4n) is 5.04. The Morgan fingerprint density at radius 1 is 1.03 bits per heavy atom. The zero-order valence-electron chi connectivity index (χ0n) is 19.6. The van der Waals surface area contributed by atoms with E-state index in [9.17, 15) is 22.7 Å². The first-order chi connectivity index (χ1) is 17.8. The predicted molar refractivity (Wildman–Crippen MR) is 138 cm³/mol. The number of carboxylic acid groups (broad SMARTS) is 1. The molecule has 1 saturated heterocycles. The molecule has 0 unspecified atom stereocenters. The molecule has 2 N–H and O–H groups in total. The third-order valence-electron chi connectivity index (χ3n) is 7.00. The van der Waals surface area contributed by atoms with Crippen LogP contribution >= 0.6 is 0 Å². The average molecular weight is 519 g/mol. The molecule has 188 valence electrons. The quantitative estimate of drug-likeness (QED) is 0.330. The third-order valence-corrected chi connectivity index (χ3v) is 8.69. The van der Waals surface area contributed by atoms with Crippen LogP contribution in [0.2, 0.25) is 0 Å². The Morgan fingerprint density at radius 2 is 1.78 bits per heavy atom. The zero-order valence-corrected chi connectivity index (χ0v) is 20.5. The van der Waals surface area contributed by atoms with Gasteiger partial charge in [-0.1, -0.05) is 24.3 Å². The van der Waals surface area contributed by atoms with E-state index in [0.29, 0.717) is 36.9 Å². The van der Waals surface area contributed by atoms with Crippen molar-refractivity contribution in [1.82, 2.24) is 18.8 Å². The Kier molecular flexibility index (Phi) is 5.49. The molecule has 0 aliphatic carbocycles. The van der Waals surface area contributed by atoms with Crippen LogP contribution in [0.1, 0.15) is 24.6 Å². The van der Waals surface area contributed by atoms with Gasteiger partial charge in [-0.15, -0.1) is 0 Å². The summed E-state index contributed by atoms with van der Waals surface area (Å²) in [6, 6.07) is 17.9. The van der Waals surface area contributed by atoms with Crippen molar-refractivity contribution in [3.05, 3.63) is 84.6 Å². The van der Waals surface area contributed by atoms with Gasteiger partial charge in [0.15, 0.2) is 0 Å². The summed E-state index contributed by atoms with van der Waals surface area (Å²) in [5.41, 5.74) is 3.24. The van der Waals surface area contributed by atoms with E-state index in [2.05, 4.69) is 4.98 Å². The highest BCUT2D eigenvalue weighted by molar-refractivity contribution is 7.90. The molecule has 0 atom stereocenters. The highest BCUT2D eigenvalue weighted by Crippen LogP contribution is 2.35. The van der Waals surface area contributed by atoms with Gasteiger partial charge in [-0.25, -0.2) is 26.6 Å². The number of rotatable bonds is 4. The lowest BCUT2D eigenvalue weighted by molar-refractivity contribution is 0.131. The van der Waals surface area contributed by atoms with Crippen LogP contribution in [0.25, 0.3) is 33.1 Å². The van der Waals surface area contributed by atoms with Crippen molar-refractivity contribution < 1.29 is 22.7 Å². The number of amides is 1. The molecule has 1 aliphatic heterocycles. The Bertz CT molecular complexity index is 1750. The number of halogens is 1. The normalized spacial score (nSPS) is 15.0. The van der Waals surface area contributed by atoms with Gasteiger partial charge >= 0.3 is 6.09 Å². The standard InChI is InChI=1S/C27H23FN4O4S/c28-19-7-8-21-22(16-32(25(21)15-19)37(35,36)20-4-2-1-3-5-20)18-6-9-23-24(14-18)30-26(29-23)17-10-12-31(13-11-17)27(33)34/h1-9,14-17H,10-13H2,(H,29,30)(H,33,34). The summed E-state index contributed by atoms with van der Waals surface area (Å²) in [6.07, 6.45) is 2.01. The summed E-state index contributed by atoms with van der Waals surface area (Å²) in [7, 11) is -3.95. The van der Waals surface area contributed by atoms with E-state index >= 15 is 0 Å². The van der Waals surface area contributed by atoms with Crippen molar-refractivity contribution in [2.75, 3.05) is 13.1 Å². The largest absolute Gasteiger partial charge is 0.465 e. The van der Waals surface area contributed by atoms with Crippen molar-refractivity contribution in [2.45, 2.75) is 23.7 Å². The summed E-state index contributed by atoms with van der Waals surface area (Å²) >= 11 is 0. The Hall–Kier alpha value is -4.18. The van der Waals surface area contributed by atoms with Gasteiger partial charge < -0.3 is 15.0 Å². The molecule has 0 spiro atoms. The molecule has 3 heterocycles. The van der Waals surface area contributed by atoms with E-state index in [1.807, 2.05) is 18.2 Å². The number of nitrogens with zero attached hydrogens (tertiary/aromatic N) is 3. The van der Waals surface area contributed by atoms with Crippen molar-refractivity contribution >= 4 is 38.1 Å². The summed E-state index contributed by atoms with van der Waals surface area (Å²) in [5.74, 6) is 0.421. The molecule has 37 heavy (non-hydrogen) atoms. The van der Waals surface area contributed by atoms with Crippen molar-refractivity contribution in [1.29, 1.82) is 0 Å². The van der Waals surface area contributed by atoms with Gasteiger partial charge in [-0.3, -0.25) is 0 Å². The van der Waals surface area contributed by atoms with Crippen LogP contribution in [0, 0.1) is 5.82 Å². The summed E-state index contributed by atoms with van der Waals surface area (Å²) in [5, 5.41) is 9.81. The van der Waals surface area contributed by atoms with Gasteiger partial charge in [0, 0.05) is 36.2 Å². The maximum Gasteiger partial charge on any atom is 0.407 e. The molecule has 0 bridgehead atoms. The van der Waals surface area contributed by atoms with Crippen LogP contribution in [-0.4, -0.2) is 51.5 Å². The SMILES string of the molecule is O=C(O)N1CCC(c2nc3ccc(-c4cn(S(=O)(=O)c5ccccc5)c5cc(F)ccc45)cc3[nH]2)CC1. The number of likely N-dealkylation sites (tertiary alicyclic amines) is 1. The van der Waals surface area contributed by atoms with Crippen LogP contribution in [0.5, 0.6) is 0 Å². The highest BCUT2D eigenvalue weighted by Gasteiger charge is 2.26. The second-order valence-electron chi connectivity index (χ2n) is 9.22. The van der Waals surface area contributed by atoms with E-state index in [4.69, 9.17) is 4.98 Å². The minimum atomic E-state index is -3.95. The van der Waals surface area contributed by atoms with Gasteiger partial charge in [-0.2, -0.15) is 0 Å². The lowest BCUT2D eigenvalue weighted by Gasteiger charge is -2.28. The minimum Gasteiger partial charge on any atom is -0.465 e. The number of carbonyl (C=O) groups is 1. The van der Waals surface area contributed by atoms with Crippen LogP contribution in [0.15, 0.2) is 77.8 Å². The number of H-pyrrole nitrogens is 1. The molecule has 2 aromatic heterocycles. The maximum absolute atomic E-state index is 14.2. The van der Waals surface area contributed by atoms with Crippen LogP contribution in [-0.2, 0) is 10.0 Å². The highest BCUT2D eigenvalue weighted by atomic mass is 32.2. The first kappa shape index (κ1) is 23.2. The Morgan fingerprint density at radius 3 is 2.51 bits per heavy atom.